The average molecular weight is 367 g/mol. The molecular formula is C12H14Cl3N5O2. The molecule has 2 unspecified atom stereocenters. The molecule has 22 heavy (non-hydrogen) atoms. The molecule has 0 radical (unpaired) electrons. The van der Waals surface area contributed by atoms with Crippen molar-refractivity contribution in [3.8, 4) is 0 Å². The van der Waals surface area contributed by atoms with Crippen LogP contribution < -0.4 is 10.6 Å². The standard InChI is InChI=1S/C12H14Cl3N5O2/c1-3-22-9-6(2)8(21)18-11(19-9)20-10-16-5-4-7(17-10)12(13,14)15/h4-6,9H,3H2,1-2H3,(H2,16,17,18,19,20,21). The molecule has 1 aliphatic rings. The Balaban J connectivity index is 2.19. The van der Waals surface area contributed by atoms with Crippen LogP contribution in [-0.2, 0) is 13.3 Å². The highest BCUT2D eigenvalue weighted by Gasteiger charge is 2.30. The molecule has 2 N–H and O–H groups in total. The van der Waals surface area contributed by atoms with Gasteiger partial charge in [0.25, 0.3) is 0 Å². The van der Waals surface area contributed by atoms with E-state index in [4.69, 9.17) is 39.5 Å². The smallest absolute Gasteiger partial charge is 0.234 e. The van der Waals surface area contributed by atoms with E-state index >= 15 is 0 Å². The molecule has 7 nitrogen and oxygen atoms in total. The van der Waals surface area contributed by atoms with Gasteiger partial charge in [-0.05, 0) is 19.9 Å². The number of guanidine groups is 1. The minimum Gasteiger partial charge on any atom is -0.356 e. The quantitative estimate of drug-likeness (QED) is 0.801. The summed E-state index contributed by atoms with van der Waals surface area (Å²) in [5.41, 5.74) is 0.201. The number of nitrogens with one attached hydrogen (secondary N) is 2. The van der Waals surface area contributed by atoms with Crippen molar-refractivity contribution in [2.45, 2.75) is 23.9 Å². The number of carbonyl (C=O) groups excluding carboxylic acids is 1. The number of amides is 1. The van der Waals surface area contributed by atoms with Gasteiger partial charge in [-0.15, -0.1) is 0 Å². The third-order valence-corrected chi connectivity index (χ3v) is 3.43. The number of hydrogen-bond donors (Lipinski definition) is 2. The van der Waals surface area contributed by atoms with Crippen molar-refractivity contribution in [3.05, 3.63) is 18.0 Å². The molecule has 0 aromatic carbocycles. The normalized spacial score (nSPS) is 22.0. The van der Waals surface area contributed by atoms with Crippen LogP contribution in [0.4, 0.5) is 5.95 Å². The van der Waals surface area contributed by atoms with Crippen LogP contribution in [0.2, 0.25) is 0 Å². The van der Waals surface area contributed by atoms with Gasteiger partial charge >= 0.3 is 0 Å². The second-order valence-corrected chi connectivity index (χ2v) is 6.77. The third-order valence-electron chi connectivity index (χ3n) is 2.85. The van der Waals surface area contributed by atoms with Crippen molar-refractivity contribution in [2.24, 2.45) is 10.9 Å². The summed E-state index contributed by atoms with van der Waals surface area (Å²) in [7, 11) is 0. The van der Waals surface area contributed by atoms with Crippen molar-refractivity contribution in [3.63, 3.8) is 0 Å². The molecule has 1 aliphatic heterocycles. The Morgan fingerprint density at radius 1 is 1.45 bits per heavy atom. The van der Waals surface area contributed by atoms with Crippen LogP contribution in [0, 0.1) is 5.92 Å². The van der Waals surface area contributed by atoms with Gasteiger partial charge in [0, 0.05) is 12.8 Å². The lowest BCUT2D eigenvalue weighted by Gasteiger charge is -2.26. The second-order valence-electron chi connectivity index (χ2n) is 4.49. The van der Waals surface area contributed by atoms with Gasteiger partial charge in [-0.1, -0.05) is 34.8 Å². The summed E-state index contributed by atoms with van der Waals surface area (Å²) in [6, 6.07) is 1.48. The van der Waals surface area contributed by atoms with Gasteiger partial charge in [0.05, 0.1) is 11.6 Å². The molecule has 2 rings (SSSR count). The van der Waals surface area contributed by atoms with Crippen LogP contribution >= 0.6 is 34.8 Å². The van der Waals surface area contributed by atoms with Gasteiger partial charge < -0.3 is 4.74 Å². The van der Waals surface area contributed by atoms with Crippen molar-refractivity contribution in [1.29, 1.82) is 0 Å². The van der Waals surface area contributed by atoms with E-state index in [1.54, 1.807) is 6.92 Å². The van der Waals surface area contributed by atoms with Crippen molar-refractivity contribution in [1.82, 2.24) is 15.3 Å². The highest BCUT2D eigenvalue weighted by atomic mass is 35.6. The van der Waals surface area contributed by atoms with E-state index in [1.165, 1.54) is 12.3 Å². The van der Waals surface area contributed by atoms with Crippen LogP contribution in [-0.4, -0.2) is 34.7 Å². The third kappa shape index (κ3) is 4.19. The van der Waals surface area contributed by atoms with Crippen molar-refractivity contribution >= 4 is 52.6 Å². The van der Waals surface area contributed by atoms with Crippen LogP contribution in [0.25, 0.3) is 0 Å². The number of alkyl halides is 3. The highest BCUT2D eigenvalue weighted by molar-refractivity contribution is 6.66. The molecule has 0 fully saturated rings. The fourth-order valence-corrected chi connectivity index (χ4v) is 2.05. The summed E-state index contributed by atoms with van der Waals surface area (Å²) in [6.07, 6.45) is 0.859. The molecular weight excluding hydrogens is 353 g/mol. The van der Waals surface area contributed by atoms with Crippen molar-refractivity contribution in [2.75, 3.05) is 11.9 Å². The van der Waals surface area contributed by atoms with Crippen LogP contribution in [0.3, 0.4) is 0 Å². The van der Waals surface area contributed by atoms with Gasteiger partial charge in [-0.25, -0.2) is 15.0 Å². The Morgan fingerprint density at radius 3 is 2.82 bits per heavy atom. The molecule has 1 aromatic heterocycles. The van der Waals surface area contributed by atoms with E-state index in [0.29, 0.717) is 6.61 Å². The van der Waals surface area contributed by atoms with E-state index in [0.717, 1.165) is 0 Å². The number of ether oxygens (including phenoxy) is 1. The Labute approximate surface area is 142 Å². The zero-order valence-electron chi connectivity index (χ0n) is 11.8. The van der Waals surface area contributed by atoms with Crippen molar-refractivity contribution < 1.29 is 9.53 Å². The first kappa shape index (κ1) is 17.2. The summed E-state index contributed by atoms with van der Waals surface area (Å²) < 4.78 is 3.75. The first-order chi connectivity index (χ1) is 10.3. The Morgan fingerprint density at radius 2 is 2.18 bits per heavy atom. The lowest BCUT2D eigenvalue weighted by atomic mass is 10.1. The number of aromatic nitrogens is 2. The first-order valence-electron chi connectivity index (χ1n) is 6.48. The van der Waals surface area contributed by atoms with Crippen LogP contribution in [0.1, 0.15) is 19.5 Å². The average Bonchev–Trinajstić information content (AvgIpc) is 2.44. The molecule has 1 amide bonds. The summed E-state index contributed by atoms with van der Waals surface area (Å²) in [4.78, 5) is 24.2. The number of rotatable bonds is 3. The fourth-order valence-electron chi connectivity index (χ4n) is 1.73. The fraction of sp³-hybridized carbons (Fsp3) is 0.500. The SMILES string of the molecule is CCOC1N=C(Nc2nccc(C(Cl)(Cl)Cl)n2)NC(=O)C1C. The summed E-state index contributed by atoms with van der Waals surface area (Å²) in [5, 5.41) is 5.37. The maximum atomic E-state index is 11.9. The summed E-state index contributed by atoms with van der Waals surface area (Å²) >= 11 is 17.3. The van der Waals surface area contributed by atoms with Gasteiger partial charge in [-0.2, -0.15) is 0 Å². The van der Waals surface area contributed by atoms with E-state index in [2.05, 4.69) is 25.6 Å². The molecule has 120 valence electrons. The molecule has 2 atom stereocenters. The van der Waals surface area contributed by atoms with E-state index < -0.39 is 10.0 Å². The van der Waals surface area contributed by atoms with E-state index in [9.17, 15) is 4.79 Å². The maximum Gasteiger partial charge on any atom is 0.234 e. The predicted molar refractivity (Wildman–Crippen MR) is 85.0 cm³/mol. The lowest BCUT2D eigenvalue weighted by molar-refractivity contribution is -0.128. The minimum atomic E-state index is -1.67. The highest BCUT2D eigenvalue weighted by Crippen LogP contribution is 2.36. The minimum absolute atomic E-state index is 0.146. The van der Waals surface area contributed by atoms with Gasteiger partial charge in [-0.3, -0.25) is 15.4 Å². The maximum absolute atomic E-state index is 11.9. The Bertz CT molecular complexity index is 590. The largest absolute Gasteiger partial charge is 0.356 e. The number of halogens is 3. The monoisotopic (exact) mass is 365 g/mol. The topological polar surface area (TPSA) is 88.5 Å². The molecule has 2 heterocycles. The number of nitrogens with zero attached hydrogens (tertiary/aromatic N) is 3. The van der Waals surface area contributed by atoms with E-state index in [-0.39, 0.29) is 29.4 Å². The number of hydrogen-bond acceptors (Lipinski definition) is 6. The molecule has 0 bridgehead atoms. The lowest BCUT2D eigenvalue weighted by Crippen LogP contribution is -2.48. The van der Waals surface area contributed by atoms with Crippen LogP contribution in [0.5, 0.6) is 0 Å². The van der Waals surface area contributed by atoms with Gasteiger partial charge in [0.1, 0.15) is 0 Å². The number of carbonyl (C=O) groups is 1. The summed E-state index contributed by atoms with van der Waals surface area (Å²) in [6.45, 7) is 4.00. The Hall–Kier alpha value is -1.15. The zero-order chi connectivity index (χ0) is 16.3. The molecule has 1 aromatic rings. The number of aliphatic imine (C=N–C) groups is 1. The molecule has 0 aliphatic carbocycles. The zero-order valence-corrected chi connectivity index (χ0v) is 14.1. The predicted octanol–water partition coefficient (Wildman–Crippen LogP) is 2.20. The molecule has 0 spiro atoms. The van der Waals surface area contributed by atoms with Crippen LogP contribution in [0.15, 0.2) is 17.3 Å². The molecule has 0 saturated carbocycles. The van der Waals surface area contributed by atoms with Gasteiger partial charge in [0.2, 0.25) is 21.6 Å². The van der Waals surface area contributed by atoms with E-state index in [1.807, 2.05) is 6.92 Å². The van der Waals surface area contributed by atoms with Gasteiger partial charge in [0.15, 0.2) is 6.23 Å². The second kappa shape index (κ2) is 6.95. The number of anilines is 1. The summed E-state index contributed by atoms with van der Waals surface area (Å²) in [5.74, 6) is -0.275. The molecule has 0 saturated heterocycles. The first-order valence-corrected chi connectivity index (χ1v) is 7.62. The Kier molecular flexibility index (Phi) is 5.44. The molecule has 10 heteroatoms.